The van der Waals surface area contributed by atoms with Gasteiger partial charge in [-0.1, -0.05) is 20.8 Å². The third-order valence-corrected chi connectivity index (χ3v) is 5.34. The van der Waals surface area contributed by atoms with Crippen LogP contribution in [-0.4, -0.2) is 43.2 Å². The summed E-state index contributed by atoms with van der Waals surface area (Å²) in [4.78, 5) is 11.9. The van der Waals surface area contributed by atoms with Gasteiger partial charge in [-0.3, -0.25) is 9.08 Å². The smallest absolute Gasteiger partial charge is 0.416 e. The largest absolute Gasteiger partial charge is 0.465 e. The fraction of sp³-hybridized carbons (Fsp3) is 0.562. The van der Waals surface area contributed by atoms with E-state index in [1.54, 1.807) is 0 Å². The number of hydrogen-bond donors (Lipinski definition) is 1. The number of nitrogens with zero attached hydrogens (tertiary/aromatic N) is 1. The predicted molar refractivity (Wildman–Crippen MR) is 86.1 cm³/mol. The molecule has 26 heavy (non-hydrogen) atoms. The van der Waals surface area contributed by atoms with Crippen LogP contribution < -0.4 is 0 Å². The molecule has 2 atom stereocenters. The van der Waals surface area contributed by atoms with Crippen molar-refractivity contribution in [3.63, 3.8) is 0 Å². The lowest BCUT2D eigenvalue weighted by Gasteiger charge is -2.47. The van der Waals surface area contributed by atoms with Crippen LogP contribution in [0.5, 0.6) is 0 Å². The molecule has 1 aliphatic heterocycles. The minimum atomic E-state index is -4.57. The van der Waals surface area contributed by atoms with E-state index < -0.39 is 45.0 Å². The lowest BCUT2D eigenvalue weighted by molar-refractivity contribution is -0.137. The van der Waals surface area contributed by atoms with Crippen molar-refractivity contribution in [2.45, 2.75) is 50.4 Å². The number of likely N-dealkylation sites (tertiary alicyclic amines) is 1. The Morgan fingerprint density at radius 3 is 2.19 bits per heavy atom. The molecule has 0 saturated carbocycles. The second kappa shape index (κ2) is 6.73. The molecule has 0 spiro atoms. The second-order valence-electron chi connectivity index (χ2n) is 7.38. The standard InChI is InChI=1S/C16H20F3NO5S/c1-15(2,3)8-12-13(9-20(12)14(21)22)25-26(23,24)11-6-4-10(5-7-11)16(17,18)19/h4-7,12-13H,8-9H2,1-3H3,(H,21,22)/t12-,13-/m1/s1. The van der Waals surface area contributed by atoms with Gasteiger partial charge in [0.05, 0.1) is 23.0 Å². The summed E-state index contributed by atoms with van der Waals surface area (Å²) >= 11 is 0. The van der Waals surface area contributed by atoms with Crippen molar-refractivity contribution in [1.29, 1.82) is 0 Å². The molecule has 1 aromatic rings. The first-order valence-corrected chi connectivity index (χ1v) is 9.22. The lowest BCUT2D eigenvalue weighted by atomic mass is 9.82. The first-order valence-electron chi connectivity index (χ1n) is 7.81. The van der Waals surface area contributed by atoms with Crippen LogP contribution in [0.15, 0.2) is 29.2 Å². The molecule has 2 rings (SSSR count). The molecule has 10 heteroatoms. The highest BCUT2D eigenvalue weighted by atomic mass is 32.2. The van der Waals surface area contributed by atoms with Gasteiger partial charge in [0.2, 0.25) is 0 Å². The van der Waals surface area contributed by atoms with Crippen LogP contribution in [0.25, 0.3) is 0 Å². The molecule has 1 heterocycles. The van der Waals surface area contributed by atoms with Gasteiger partial charge in [-0.15, -0.1) is 0 Å². The Morgan fingerprint density at radius 1 is 1.23 bits per heavy atom. The Balaban J connectivity index is 2.16. The summed E-state index contributed by atoms with van der Waals surface area (Å²) in [5, 5.41) is 9.15. The first kappa shape index (κ1) is 20.5. The molecule has 0 aliphatic carbocycles. The van der Waals surface area contributed by atoms with Gasteiger partial charge in [-0.2, -0.15) is 21.6 Å². The highest BCUT2D eigenvalue weighted by molar-refractivity contribution is 7.86. The zero-order chi connectivity index (χ0) is 19.9. The molecular formula is C16H20F3NO5S. The van der Waals surface area contributed by atoms with Gasteiger partial charge in [0.25, 0.3) is 10.1 Å². The topological polar surface area (TPSA) is 83.9 Å². The van der Waals surface area contributed by atoms with Crippen LogP contribution in [0.2, 0.25) is 0 Å². The van der Waals surface area contributed by atoms with Gasteiger partial charge in [-0.05, 0) is 36.1 Å². The Kier molecular flexibility index (Phi) is 5.31. The van der Waals surface area contributed by atoms with Crippen LogP contribution in [0.3, 0.4) is 0 Å². The molecular weight excluding hydrogens is 375 g/mol. The predicted octanol–water partition coefficient (Wildman–Crippen LogP) is 3.58. The highest BCUT2D eigenvalue weighted by Gasteiger charge is 2.47. The van der Waals surface area contributed by atoms with Crippen LogP contribution in [0, 0.1) is 5.41 Å². The average Bonchev–Trinajstić information content (AvgIpc) is 2.47. The molecule has 1 saturated heterocycles. The third-order valence-electron chi connectivity index (χ3n) is 3.99. The molecule has 1 aromatic carbocycles. The Morgan fingerprint density at radius 2 is 1.77 bits per heavy atom. The number of carboxylic acid groups (broad SMARTS) is 1. The Labute approximate surface area is 149 Å². The number of alkyl halides is 3. The van der Waals surface area contributed by atoms with E-state index in [1.807, 2.05) is 20.8 Å². The van der Waals surface area contributed by atoms with Gasteiger partial charge in [0.15, 0.2) is 0 Å². The molecule has 0 unspecified atom stereocenters. The van der Waals surface area contributed by atoms with Crippen LogP contribution in [-0.2, 0) is 20.5 Å². The van der Waals surface area contributed by atoms with Crippen molar-refractivity contribution in [3.05, 3.63) is 29.8 Å². The molecule has 0 radical (unpaired) electrons. The van der Waals surface area contributed by atoms with Gasteiger partial charge in [0.1, 0.15) is 6.10 Å². The first-order chi connectivity index (χ1) is 11.7. The molecule has 6 nitrogen and oxygen atoms in total. The fourth-order valence-electron chi connectivity index (χ4n) is 2.73. The van der Waals surface area contributed by atoms with E-state index in [9.17, 15) is 26.4 Å². The zero-order valence-corrected chi connectivity index (χ0v) is 15.3. The summed E-state index contributed by atoms with van der Waals surface area (Å²) in [6.07, 6.45) is -6.24. The van der Waals surface area contributed by atoms with Crippen molar-refractivity contribution in [2.75, 3.05) is 6.54 Å². The minimum Gasteiger partial charge on any atom is -0.465 e. The molecule has 1 N–H and O–H groups in total. The van der Waals surface area contributed by atoms with E-state index in [4.69, 9.17) is 9.29 Å². The van der Waals surface area contributed by atoms with Gasteiger partial charge < -0.3 is 5.11 Å². The number of amides is 1. The quantitative estimate of drug-likeness (QED) is 0.788. The number of halogens is 3. The molecule has 146 valence electrons. The SMILES string of the molecule is CC(C)(C)C[C@@H]1[C@H](OS(=O)(=O)c2ccc(C(F)(F)F)cc2)CN1C(=O)O. The summed E-state index contributed by atoms with van der Waals surface area (Å²) in [7, 11) is -4.31. The maximum absolute atomic E-state index is 12.6. The normalized spacial score (nSPS) is 21.4. The zero-order valence-electron chi connectivity index (χ0n) is 14.4. The minimum absolute atomic E-state index is 0.115. The molecule has 0 bridgehead atoms. The summed E-state index contributed by atoms with van der Waals surface area (Å²) in [5.74, 6) is 0. The molecule has 1 aliphatic rings. The van der Waals surface area contributed by atoms with Crippen molar-refractivity contribution in [2.24, 2.45) is 5.41 Å². The second-order valence-corrected chi connectivity index (χ2v) is 8.95. The van der Waals surface area contributed by atoms with Gasteiger partial charge in [0, 0.05) is 0 Å². The van der Waals surface area contributed by atoms with Crippen molar-refractivity contribution in [1.82, 2.24) is 4.90 Å². The summed E-state index contributed by atoms with van der Waals surface area (Å²) in [5.41, 5.74) is -1.24. The van der Waals surface area contributed by atoms with Crippen molar-refractivity contribution in [3.8, 4) is 0 Å². The third kappa shape index (κ3) is 4.67. The average molecular weight is 395 g/mol. The van der Waals surface area contributed by atoms with E-state index in [0.717, 1.165) is 17.0 Å². The van der Waals surface area contributed by atoms with Crippen LogP contribution >= 0.6 is 0 Å². The maximum atomic E-state index is 12.6. The fourth-order valence-corrected chi connectivity index (χ4v) is 3.82. The maximum Gasteiger partial charge on any atom is 0.416 e. The van der Waals surface area contributed by atoms with Crippen molar-refractivity contribution < 1.29 is 35.7 Å². The number of hydrogen-bond acceptors (Lipinski definition) is 4. The van der Waals surface area contributed by atoms with E-state index in [0.29, 0.717) is 18.6 Å². The number of rotatable bonds is 4. The molecule has 1 amide bonds. The number of benzene rings is 1. The van der Waals surface area contributed by atoms with Crippen LogP contribution in [0.4, 0.5) is 18.0 Å². The summed E-state index contributed by atoms with van der Waals surface area (Å²) in [6, 6.07) is 2.33. The summed E-state index contributed by atoms with van der Waals surface area (Å²) < 4.78 is 67.5. The molecule has 1 fully saturated rings. The van der Waals surface area contributed by atoms with Crippen LogP contribution in [0.1, 0.15) is 32.8 Å². The summed E-state index contributed by atoms with van der Waals surface area (Å²) in [6.45, 7) is 5.53. The van der Waals surface area contributed by atoms with Gasteiger partial charge >= 0.3 is 12.3 Å². The van der Waals surface area contributed by atoms with E-state index >= 15 is 0 Å². The Bertz CT molecular complexity index is 769. The van der Waals surface area contributed by atoms with E-state index in [2.05, 4.69) is 0 Å². The van der Waals surface area contributed by atoms with E-state index in [-0.39, 0.29) is 12.0 Å². The van der Waals surface area contributed by atoms with Gasteiger partial charge in [-0.25, -0.2) is 4.79 Å². The monoisotopic (exact) mass is 395 g/mol. The highest BCUT2D eigenvalue weighted by Crippen LogP contribution is 2.35. The Hall–Kier alpha value is -1.81. The van der Waals surface area contributed by atoms with Crippen molar-refractivity contribution >= 4 is 16.2 Å². The molecule has 0 aromatic heterocycles. The van der Waals surface area contributed by atoms with E-state index in [1.165, 1.54) is 0 Å². The lowest BCUT2D eigenvalue weighted by Crippen LogP contribution is -2.64. The number of carbonyl (C=O) groups is 1.